The van der Waals surface area contributed by atoms with Crippen molar-refractivity contribution >= 4 is 32.5 Å². The van der Waals surface area contributed by atoms with Crippen LogP contribution < -0.4 is 0 Å². The van der Waals surface area contributed by atoms with E-state index in [1.807, 2.05) is 30.3 Å². The Labute approximate surface area is 175 Å². The summed E-state index contributed by atoms with van der Waals surface area (Å²) in [4.78, 5) is 4.19. The summed E-state index contributed by atoms with van der Waals surface area (Å²) in [6.07, 6.45) is 4.88. The molecule has 2 aromatic carbocycles. The molecule has 2 heterocycles. The van der Waals surface area contributed by atoms with Crippen LogP contribution in [0, 0.1) is 0 Å². The number of aromatic nitrogens is 1. The van der Waals surface area contributed by atoms with Crippen molar-refractivity contribution in [1.29, 1.82) is 0 Å². The molecule has 0 spiro atoms. The lowest BCUT2D eigenvalue weighted by Crippen LogP contribution is -2.35. The number of hydrogen-bond donors (Lipinski definition) is 0. The molecule has 4 rings (SSSR count). The van der Waals surface area contributed by atoms with Crippen molar-refractivity contribution in [3.05, 3.63) is 71.5 Å². The first-order chi connectivity index (χ1) is 14.0. The van der Waals surface area contributed by atoms with Crippen LogP contribution in [-0.4, -0.2) is 37.7 Å². The summed E-state index contributed by atoms with van der Waals surface area (Å²) < 4.78 is 37.2. The average molecular weight is 433 g/mol. The fraction of sp³-hybridized carbons (Fsp3) is 0.286. The molecule has 152 valence electrons. The molecule has 0 N–H and O–H groups in total. The van der Waals surface area contributed by atoms with Crippen molar-refractivity contribution in [3.63, 3.8) is 0 Å². The molecular weight excluding hydrogens is 412 g/mol. The van der Waals surface area contributed by atoms with Crippen LogP contribution in [0.3, 0.4) is 0 Å². The number of pyridine rings is 1. The topological polar surface area (TPSA) is 68.7 Å². The third-order valence-corrected chi connectivity index (χ3v) is 6.45. The first-order valence-corrected chi connectivity index (χ1v) is 11.2. The molecule has 1 aromatic heterocycles. The van der Waals surface area contributed by atoms with Crippen molar-refractivity contribution in [2.75, 3.05) is 13.2 Å². The van der Waals surface area contributed by atoms with E-state index < -0.39 is 10.1 Å². The van der Waals surface area contributed by atoms with Crippen LogP contribution in [0.5, 0.6) is 0 Å². The summed E-state index contributed by atoms with van der Waals surface area (Å²) in [5.74, 6) is 0. The molecule has 3 aromatic rings. The normalized spacial score (nSPS) is 17.8. The predicted octanol–water partition coefficient (Wildman–Crippen LogP) is 4.19. The Kier molecular flexibility index (Phi) is 6.12. The second kappa shape index (κ2) is 8.77. The zero-order valence-electron chi connectivity index (χ0n) is 15.7. The highest BCUT2D eigenvalue weighted by molar-refractivity contribution is 7.87. The van der Waals surface area contributed by atoms with E-state index in [1.165, 1.54) is 5.06 Å². The maximum absolute atomic E-state index is 12.9. The molecule has 1 aliphatic rings. The first kappa shape index (κ1) is 20.3. The summed E-state index contributed by atoms with van der Waals surface area (Å²) in [5, 5.41) is 3.55. The van der Waals surface area contributed by atoms with Gasteiger partial charge >= 0.3 is 10.1 Å². The van der Waals surface area contributed by atoms with Gasteiger partial charge in [0.25, 0.3) is 0 Å². The number of halogens is 1. The minimum Gasteiger partial charge on any atom is -0.375 e. The molecule has 0 bridgehead atoms. The van der Waals surface area contributed by atoms with Crippen molar-refractivity contribution in [2.45, 2.75) is 30.4 Å². The van der Waals surface area contributed by atoms with Crippen molar-refractivity contribution in [1.82, 2.24) is 10.0 Å². The van der Waals surface area contributed by atoms with Gasteiger partial charge in [-0.15, -0.1) is 0 Å². The van der Waals surface area contributed by atoms with E-state index in [-0.39, 0.29) is 10.9 Å². The van der Waals surface area contributed by atoms with E-state index in [2.05, 4.69) is 4.98 Å². The van der Waals surface area contributed by atoms with Gasteiger partial charge in [-0.25, -0.2) is 0 Å². The highest BCUT2D eigenvalue weighted by Crippen LogP contribution is 2.27. The number of rotatable bonds is 7. The molecule has 1 aliphatic heterocycles. The van der Waals surface area contributed by atoms with E-state index >= 15 is 0 Å². The SMILES string of the molecule is O=S(=O)(ON1CCCC1COCc1ccc(Cl)cc1)c1cccc2cnccc12. The third kappa shape index (κ3) is 4.76. The average Bonchev–Trinajstić information content (AvgIpc) is 3.15. The Hall–Kier alpha value is -2.03. The van der Waals surface area contributed by atoms with Gasteiger partial charge in [0, 0.05) is 34.7 Å². The van der Waals surface area contributed by atoms with Gasteiger partial charge in [-0.05, 0) is 42.7 Å². The summed E-state index contributed by atoms with van der Waals surface area (Å²) in [7, 11) is -3.96. The quantitative estimate of drug-likeness (QED) is 0.557. The summed E-state index contributed by atoms with van der Waals surface area (Å²) in [6, 6.07) is 14.1. The van der Waals surface area contributed by atoms with E-state index in [4.69, 9.17) is 20.6 Å². The lowest BCUT2D eigenvalue weighted by atomic mass is 10.2. The Morgan fingerprint density at radius 1 is 1.14 bits per heavy atom. The molecule has 29 heavy (non-hydrogen) atoms. The van der Waals surface area contributed by atoms with Crippen LogP contribution >= 0.6 is 11.6 Å². The molecule has 0 radical (unpaired) electrons. The summed E-state index contributed by atoms with van der Waals surface area (Å²) in [6.45, 7) is 1.36. The van der Waals surface area contributed by atoms with Gasteiger partial charge < -0.3 is 4.74 Å². The molecule has 6 nitrogen and oxygen atoms in total. The van der Waals surface area contributed by atoms with Crippen molar-refractivity contribution < 1.29 is 17.4 Å². The van der Waals surface area contributed by atoms with Gasteiger partial charge in [0.15, 0.2) is 0 Å². The Morgan fingerprint density at radius 2 is 1.97 bits per heavy atom. The van der Waals surface area contributed by atoms with Gasteiger partial charge in [-0.3, -0.25) is 4.98 Å². The largest absolute Gasteiger partial charge is 0.375 e. The predicted molar refractivity (Wildman–Crippen MR) is 111 cm³/mol. The van der Waals surface area contributed by atoms with Crippen LogP contribution in [-0.2, 0) is 25.7 Å². The number of ether oxygens (including phenoxy) is 1. The maximum atomic E-state index is 12.9. The molecule has 1 saturated heterocycles. The van der Waals surface area contributed by atoms with Gasteiger partial charge in [0.2, 0.25) is 0 Å². The van der Waals surface area contributed by atoms with Crippen LogP contribution in [0.4, 0.5) is 0 Å². The first-order valence-electron chi connectivity index (χ1n) is 9.39. The van der Waals surface area contributed by atoms with E-state index in [0.717, 1.165) is 23.8 Å². The monoisotopic (exact) mass is 432 g/mol. The highest BCUT2D eigenvalue weighted by atomic mass is 35.5. The van der Waals surface area contributed by atoms with Gasteiger partial charge in [0.1, 0.15) is 4.90 Å². The van der Waals surface area contributed by atoms with Crippen LogP contribution in [0.1, 0.15) is 18.4 Å². The standard InChI is InChI=1S/C21H21ClN2O4S/c22-18-8-6-16(7-9-18)14-27-15-19-4-2-12-24(19)28-29(25,26)21-5-1-3-17-13-23-11-10-20(17)21/h1,3,5-11,13,19H,2,4,12,14-15H2. The smallest absolute Gasteiger partial charge is 0.313 e. The lowest BCUT2D eigenvalue weighted by molar-refractivity contribution is -0.0876. The molecule has 0 amide bonds. The zero-order chi connectivity index (χ0) is 20.3. The van der Waals surface area contributed by atoms with Crippen LogP contribution in [0.25, 0.3) is 10.8 Å². The molecular formula is C21H21ClN2O4S. The minimum atomic E-state index is -3.96. The number of hydroxylamine groups is 2. The number of fused-ring (bicyclic) bond motifs is 1. The van der Waals surface area contributed by atoms with Crippen LogP contribution in [0.15, 0.2) is 65.8 Å². The maximum Gasteiger partial charge on any atom is 0.313 e. The molecule has 0 saturated carbocycles. The summed E-state index contributed by atoms with van der Waals surface area (Å²) >= 11 is 5.89. The second-order valence-corrected chi connectivity index (χ2v) is 8.89. The Morgan fingerprint density at radius 3 is 2.79 bits per heavy atom. The fourth-order valence-corrected chi connectivity index (χ4v) is 4.80. The van der Waals surface area contributed by atoms with Gasteiger partial charge in [-0.2, -0.15) is 17.8 Å². The Bertz CT molecular complexity index is 1080. The summed E-state index contributed by atoms with van der Waals surface area (Å²) in [5.41, 5.74) is 1.01. The number of hydrogen-bond acceptors (Lipinski definition) is 6. The number of benzene rings is 2. The zero-order valence-corrected chi connectivity index (χ0v) is 17.3. The molecule has 0 aliphatic carbocycles. The number of nitrogens with zero attached hydrogens (tertiary/aromatic N) is 2. The second-order valence-electron chi connectivity index (χ2n) is 6.96. The van der Waals surface area contributed by atoms with Crippen molar-refractivity contribution in [2.24, 2.45) is 0 Å². The van der Waals surface area contributed by atoms with Gasteiger partial charge in [0.05, 0.1) is 19.3 Å². The van der Waals surface area contributed by atoms with Gasteiger partial charge in [-0.1, -0.05) is 35.9 Å². The third-order valence-electron chi connectivity index (χ3n) is 4.92. The molecule has 8 heteroatoms. The Balaban J connectivity index is 1.42. The fourth-order valence-electron chi connectivity index (χ4n) is 3.44. The molecule has 1 fully saturated rings. The molecule has 1 unspecified atom stereocenters. The molecule has 1 atom stereocenters. The van der Waals surface area contributed by atoms with Crippen molar-refractivity contribution in [3.8, 4) is 0 Å². The highest BCUT2D eigenvalue weighted by Gasteiger charge is 2.31. The van der Waals surface area contributed by atoms with Crippen LogP contribution in [0.2, 0.25) is 5.02 Å². The minimum absolute atomic E-state index is 0.117. The lowest BCUT2D eigenvalue weighted by Gasteiger charge is -2.23. The van der Waals surface area contributed by atoms with E-state index in [9.17, 15) is 8.42 Å². The van der Waals surface area contributed by atoms with E-state index in [0.29, 0.717) is 30.2 Å². The van der Waals surface area contributed by atoms with E-state index in [1.54, 1.807) is 30.6 Å².